The van der Waals surface area contributed by atoms with E-state index in [0.717, 1.165) is 47.5 Å². The Hall–Kier alpha value is -1.70. The lowest BCUT2D eigenvalue weighted by Crippen LogP contribution is -2.24. The monoisotopic (exact) mass is 374 g/mol. The molecule has 5 nitrogen and oxygen atoms in total. The molecule has 25 heavy (non-hydrogen) atoms. The highest BCUT2D eigenvalue weighted by Gasteiger charge is 2.16. The molecule has 1 N–H and O–H groups in total. The molecular weight excluding hydrogens is 352 g/mol. The average Bonchev–Trinajstić information content (AvgIpc) is 3.35. The summed E-state index contributed by atoms with van der Waals surface area (Å²) in [6, 6.07) is 6.28. The molecule has 132 valence electrons. The van der Waals surface area contributed by atoms with E-state index in [4.69, 9.17) is 9.84 Å². The Balaban J connectivity index is 1.42. The summed E-state index contributed by atoms with van der Waals surface area (Å²) in [7, 11) is 0. The van der Waals surface area contributed by atoms with Crippen molar-refractivity contribution in [3.8, 4) is 10.6 Å². The number of thiophene rings is 1. The fourth-order valence-corrected chi connectivity index (χ4v) is 4.60. The Morgan fingerprint density at radius 1 is 1.36 bits per heavy atom. The van der Waals surface area contributed by atoms with Crippen molar-refractivity contribution >= 4 is 27.8 Å². The molecule has 1 aliphatic heterocycles. The number of aromatic nitrogens is 3. The minimum Gasteiger partial charge on any atom is -0.376 e. The first-order chi connectivity index (χ1) is 12.3. The van der Waals surface area contributed by atoms with Crippen LogP contribution < -0.4 is 5.32 Å². The van der Waals surface area contributed by atoms with Gasteiger partial charge >= 0.3 is 0 Å². The van der Waals surface area contributed by atoms with Crippen LogP contribution in [0.25, 0.3) is 10.6 Å². The number of thiazole rings is 1. The summed E-state index contributed by atoms with van der Waals surface area (Å²) in [5.41, 5.74) is 2.02. The van der Waals surface area contributed by atoms with Crippen LogP contribution in [0.15, 0.2) is 29.8 Å². The van der Waals surface area contributed by atoms with Gasteiger partial charge in [-0.1, -0.05) is 17.4 Å². The van der Waals surface area contributed by atoms with Crippen molar-refractivity contribution in [2.24, 2.45) is 0 Å². The van der Waals surface area contributed by atoms with Crippen LogP contribution in [-0.4, -0.2) is 27.5 Å². The smallest absolute Gasteiger partial charge is 0.183 e. The third kappa shape index (κ3) is 4.11. The third-order valence-electron chi connectivity index (χ3n) is 4.33. The maximum absolute atomic E-state index is 5.81. The Morgan fingerprint density at radius 3 is 3.12 bits per heavy atom. The van der Waals surface area contributed by atoms with Gasteiger partial charge in [-0.05, 0) is 43.7 Å². The maximum Gasteiger partial charge on any atom is 0.183 e. The van der Waals surface area contributed by atoms with Crippen LogP contribution in [0.4, 0.5) is 5.13 Å². The number of ether oxygens (including phenoxy) is 1. The van der Waals surface area contributed by atoms with Gasteiger partial charge in [-0.3, -0.25) is 4.68 Å². The lowest BCUT2D eigenvalue weighted by atomic mass is 10.1. The molecule has 1 fully saturated rings. The number of aryl methyl sites for hydroxylation is 1. The summed E-state index contributed by atoms with van der Waals surface area (Å²) in [5.74, 6) is 0. The number of anilines is 1. The summed E-state index contributed by atoms with van der Waals surface area (Å²) in [6.07, 6.45) is 5.91. The van der Waals surface area contributed by atoms with Crippen LogP contribution in [0.2, 0.25) is 0 Å². The zero-order chi connectivity index (χ0) is 17.1. The topological polar surface area (TPSA) is 52.0 Å². The predicted octanol–water partition coefficient (Wildman–Crippen LogP) is 4.56. The van der Waals surface area contributed by atoms with E-state index >= 15 is 0 Å². The molecule has 3 aromatic rings. The van der Waals surface area contributed by atoms with Gasteiger partial charge in [0.05, 0.1) is 29.8 Å². The molecule has 3 aromatic heterocycles. The number of hydrogen-bond acceptors (Lipinski definition) is 6. The zero-order valence-electron chi connectivity index (χ0n) is 14.3. The molecule has 1 atom stereocenters. The summed E-state index contributed by atoms with van der Waals surface area (Å²) >= 11 is 3.43. The standard InChI is InChI=1S/C18H22N4OS2/c1-13-17(25-18(20-13)19-11-15-6-4-10-24-15)16-7-8-22(21-16)12-14-5-2-3-9-23-14/h4,6-8,10,14H,2-3,5,9,11-12H2,1H3,(H,19,20)/t14-/m1/s1. The Labute approximate surface area is 155 Å². The Morgan fingerprint density at radius 2 is 2.32 bits per heavy atom. The molecule has 0 aliphatic carbocycles. The van der Waals surface area contributed by atoms with E-state index in [9.17, 15) is 0 Å². The highest BCUT2D eigenvalue weighted by atomic mass is 32.1. The number of rotatable bonds is 6. The SMILES string of the molecule is Cc1nc(NCc2cccs2)sc1-c1ccn(C[C@H]2CCCCO2)n1. The van der Waals surface area contributed by atoms with E-state index in [0.29, 0.717) is 6.10 Å². The lowest BCUT2D eigenvalue weighted by Gasteiger charge is -2.22. The van der Waals surface area contributed by atoms with Crippen LogP contribution in [-0.2, 0) is 17.8 Å². The largest absolute Gasteiger partial charge is 0.376 e. The van der Waals surface area contributed by atoms with Crippen molar-refractivity contribution in [3.05, 3.63) is 40.3 Å². The molecule has 0 aromatic carbocycles. The second-order valence-electron chi connectivity index (χ2n) is 6.28. The van der Waals surface area contributed by atoms with Gasteiger partial charge in [-0.2, -0.15) is 5.10 Å². The first-order valence-electron chi connectivity index (χ1n) is 8.67. The van der Waals surface area contributed by atoms with E-state index in [1.165, 1.54) is 17.7 Å². The van der Waals surface area contributed by atoms with Crippen LogP contribution >= 0.6 is 22.7 Å². The lowest BCUT2D eigenvalue weighted by molar-refractivity contribution is 0.00403. The van der Waals surface area contributed by atoms with Crippen molar-refractivity contribution < 1.29 is 4.74 Å². The van der Waals surface area contributed by atoms with Gasteiger partial charge in [0, 0.05) is 17.7 Å². The molecule has 1 aliphatic rings. The molecule has 1 saturated heterocycles. The van der Waals surface area contributed by atoms with Crippen molar-refractivity contribution in [2.75, 3.05) is 11.9 Å². The van der Waals surface area contributed by atoms with E-state index in [2.05, 4.69) is 33.9 Å². The Kier molecular flexibility index (Phi) is 5.14. The first kappa shape index (κ1) is 16.8. The summed E-state index contributed by atoms with van der Waals surface area (Å²) < 4.78 is 7.82. The molecule has 0 spiro atoms. The van der Waals surface area contributed by atoms with E-state index < -0.39 is 0 Å². The van der Waals surface area contributed by atoms with E-state index in [-0.39, 0.29) is 0 Å². The maximum atomic E-state index is 5.81. The van der Waals surface area contributed by atoms with Gasteiger partial charge in [0.1, 0.15) is 5.69 Å². The minimum atomic E-state index is 0.298. The second kappa shape index (κ2) is 7.68. The van der Waals surface area contributed by atoms with Gasteiger partial charge < -0.3 is 10.1 Å². The fraction of sp³-hybridized carbons (Fsp3) is 0.444. The van der Waals surface area contributed by atoms with E-state index in [1.807, 2.05) is 17.8 Å². The molecule has 4 rings (SSSR count). The second-order valence-corrected chi connectivity index (χ2v) is 8.31. The van der Waals surface area contributed by atoms with Crippen molar-refractivity contribution in [1.82, 2.24) is 14.8 Å². The summed E-state index contributed by atoms with van der Waals surface area (Å²) in [4.78, 5) is 7.10. The number of nitrogens with zero attached hydrogens (tertiary/aromatic N) is 3. The minimum absolute atomic E-state index is 0.298. The quantitative estimate of drug-likeness (QED) is 0.687. The van der Waals surface area contributed by atoms with Gasteiger partial charge in [-0.25, -0.2) is 4.98 Å². The summed E-state index contributed by atoms with van der Waals surface area (Å²) in [6.45, 7) is 4.58. The van der Waals surface area contributed by atoms with Crippen LogP contribution in [0.1, 0.15) is 29.8 Å². The highest BCUT2D eigenvalue weighted by molar-refractivity contribution is 7.19. The van der Waals surface area contributed by atoms with E-state index in [1.54, 1.807) is 22.7 Å². The molecule has 4 heterocycles. The molecule has 0 amide bonds. The predicted molar refractivity (Wildman–Crippen MR) is 103 cm³/mol. The molecule has 7 heteroatoms. The average molecular weight is 375 g/mol. The first-order valence-corrected chi connectivity index (χ1v) is 10.4. The van der Waals surface area contributed by atoms with Crippen molar-refractivity contribution in [1.29, 1.82) is 0 Å². The molecule has 0 radical (unpaired) electrons. The number of hydrogen-bond donors (Lipinski definition) is 1. The van der Waals surface area contributed by atoms with Crippen molar-refractivity contribution in [2.45, 2.75) is 45.4 Å². The Bertz CT molecular complexity index is 803. The third-order valence-corrected chi connectivity index (χ3v) is 6.34. The fourth-order valence-electron chi connectivity index (χ4n) is 3.03. The van der Waals surface area contributed by atoms with Crippen molar-refractivity contribution in [3.63, 3.8) is 0 Å². The summed E-state index contributed by atoms with van der Waals surface area (Å²) in [5, 5.41) is 11.2. The van der Waals surface area contributed by atoms with Gasteiger partial charge in [0.2, 0.25) is 0 Å². The van der Waals surface area contributed by atoms with Crippen LogP contribution in [0, 0.1) is 6.92 Å². The molecule has 0 saturated carbocycles. The molecular formula is C18H22N4OS2. The zero-order valence-corrected chi connectivity index (χ0v) is 15.9. The van der Waals surface area contributed by atoms with Crippen LogP contribution in [0.5, 0.6) is 0 Å². The molecule has 0 unspecified atom stereocenters. The van der Waals surface area contributed by atoms with Gasteiger partial charge in [0.25, 0.3) is 0 Å². The van der Waals surface area contributed by atoms with Crippen LogP contribution in [0.3, 0.4) is 0 Å². The molecule has 0 bridgehead atoms. The number of nitrogens with one attached hydrogen (secondary N) is 1. The highest BCUT2D eigenvalue weighted by Crippen LogP contribution is 2.32. The normalized spacial score (nSPS) is 17.7. The van der Waals surface area contributed by atoms with Gasteiger partial charge in [0.15, 0.2) is 5.13 Å². The van der Waals surface area contributed by atoms with Gasteiger partial charge in [-0.15, -0.1) is 11.3 Å².